The monoisotopic (exact) mass is 816 g/mol. The second-order valence-electron chi connectivity index (χ2n) is 17.0. The average Bonchev–Trinajstić information content (AvgIpc) is 3.18. The van der Waals surface area contributed by atoms with Gasteiger partial charge in [-0.15, -0.1) is 0 Å². The van der Waals surface area contributed by atoms with Crippen molar-refractivity contribution in [3.05, 3.63) is 48.6 Å². The molecule has 0 fully saturated rings. The topological polar surface area (TPSA) is 102 Å². The van der Waals surface area contributed by atoms with Crippen LogP contribution >= 0.6 is 0 Å². The number of quaternary nitrogens is 1. The van der Waals surface area contributed by atoms with Gasteiger partial charge in [0.2, 0.25) is 0 Å². The largest absolute Gasteiger partial charge is 0.544 e. The van der Waals surface area contributed by atoms with Crippen LogP contribution in [0.2, 0.25) is 0 Å². The molecular weight excluding hydrogens is 727 g/mol. The fourth-order valence-electron chi connectivity index (χ4n) is 6.73. The number of rotatable bonds is 42. The highest BCUT2D eigenvalue weighted by molar-refractivity contribution is 5.70. The lowest BCUT2D eigenvalue weighted by Crippen LogP contribution is -2.55. The third-order valence-corrected chi connectivity index (χ3v) is 10.4. The molecule has 2 atom stereocenters. The Morgan fingerprint density at radius 2 is 0.931 bits per heavy atom. The van der Waals surface area contributed by atoms with Gasteiger partial charge in [-0.1, -0.05) is 159 Å². The van der Waals surface area contributed by atoms with Gasteiger partial charge in [-0.2, -0.15) is 0 Å². The fraction of sp³-hybridized carbons (Fsp3) is 0.780. The van der Waals surface area contributed by atoms with Gasteiger partial charge in [0.25, 0.3) is 0 Å². The third-order valence-electron chi connectivity index (χ3n) is 10.4. The molecule has 0 aliphatic rings. The lowest BCUT2D eigenvalue weighted by atomic mass is 10.1. The van der Waals surface area contributed by atoms with Crippen molar-refractivity contribution in [3.63, 3.8) is 0 Å². The maximum Gasteiger partial charge on any atom is 0.306 e. The molecule has 0 aromatic heterocycles. The van der Waals surface area contributed by atoms with Crippen molar-refractivity contribution < 1.29 is 38.2 Å². The summed E-state index contributed by atoms with van der Waals surface area (Å²) in [4.78, 5) is 36.9. The lowest BCUT2D eigenvalue weighted by Gasteiger charge is -2.34. The van der Waals surface area contributed by atoms with Crippen molar-refractivity contribution in [2.45, 2.75) is 212 Å². The Labute approximate surface area is 356 Å². The first-order chi connectivity index (χ1) is 28.1. The van der Waals surface area contributed by atoms with Crippen molar-refractivity contribution in [1.29, 1.82) is 0 Å². The molecule has 0 saturated carbocycles. The SMILES string of the molecule is CCCCCCCC/C=C/C/C=C/C/C=C/CCCC(=O)OC(COCCC(C(=O)[O-])[N+](C)(C)C)COC(=O)CCCCCCCCC/C=C/CCCCCCCC. The maximum absolute atomic E-state index is 12.7. The second-order valence-corrected chi connectivity index (χ2v) is 17.0. The molecule has 0 radical (unpaired) electrons. The minimum absolute atomic E-state index is 0.0192. The molecule has 0 aromatic carbocycles. The molecule has 58 heavy (non-hydrogen) atoms. The Kier molecular flexibility index (Phi) is 39.1. The minimum Gasteiger partial charge on any atom is -0.544 e. The Hall–Kier alpha value is -2.71. The number of carbonyl (C=O) groups excluding carboxylic acids is 3. The smallest absolute Gasteiger partial charge is 0.306 e. The zero-order valence-corrected chi connectivity index (χ0v) is 38.2. The van der Waals surface area contributed by atoms with Crippen LogP contribution in [-0.4, -0.2) is 75.5 Å². The summed E-state index contributed by atoms with van der Waals surface area (Å²) >= 11 is 0. The van der Waals surface area contributed by atoms with Crippen molar-refractivity contribution in [3.8, 4) is 0 Å². The Balaban J connectivity index is 4.39. The van der Waals surface area contributed by atoms with E-state index in [1.807, 2.05) is 0 Å². The van der Waals surface area contributed by atoms with E-state index in [0.29, 0.717) is 12.8 Å². The van der Waals surface area contributed by atoms with Crippen LogP contribution in [-0.2, 0) is 28.6 Å². The number of unbranched alkanes of at least 4 members (excludes halogenated alkanes) is 20. The molecule has 0 aliphatic heterocycles. The first kappa shape index (κ1) is 55.3. The summed E-state index contributed by atoms with van der Waals surface area (Å²) in [6, 6.07) is -0.736. The molecule has 336 valence electrons. The van der Waals surface area contributed by atoms with Gasteiger partial charge < -0.3 is 28.6 Å². The Bertz CT molecular complexity index is 1090. The zero-order valence-electron chi connectivity index (χ0n) is 38.2. The van der Waals surface area contributed by atoms with E-state index in [0.717, 1.165) is 38.5 Å². The van der Waals surface area contributed by atoms with Gasteiger partial charge in [0, 0.05) is 19.3 Å². The van der Waals surface area contributed by atoms with Crippen LogP contribution in [0.5, 0.6) is 0 Å². The summed E-state index contributed by atoms with van der Waals surface area (Å²) in [6.45, 7) is 4.60. The number of aliphatic carboxylic acids is 1. The number of ether oxygens (including phenoxy) is 3. The standard InChI is InChI=1S/C50H89NO7/c1-6-8-10-12-14-16-18-20-22-24-26-28-30-32-34-36-38-40-48(52)57-45-46(44-56-43-42-47(50(54)55)51(3,4)5)58-49(53)41-39-37-35-33-31-29-27-25-23-21-19-17-15-13-11-9-7-2/h20-23,27,29,33,35,46-47H,6-19,24-26,28,30-32,34,36-45H2,1-5H3/b22-20+,23-21+,29-27+,35-33+. The number of hydrogen-bond donors (Lipinski definition) is 0. The predicted octanol–water partition coefficient (Wildman–Crippen LogP) is 11.9. The summed E-state index contributed by atoms with van der Waals surface area (Å²) < 4.78 is 17.1. The number of esters is 2. The van der Waals surface area contributed by atoms with Crippen LogP contribution in [0.25, 0.3) is 0 Å². The number of hydrogen-bond acceptors (Lipinski definition) is 7. The van der Waals surface area contributed by atoms with Crippen molar-refractivity contribution in [1.82, 2.24) is 0 Å². The van der Waals surface area contributed by atoms with E-state index in [2.05, 4.69) is 62.5 Å². The number of allylic oxidation sites excluding steroid dienone is 8. The number of likely N-dealkylation sites (N-methyl/N-ethyl adjacent to an activating group) is 1. The molecule has 0 N–H and O–H groups in total. The van der Waals surface area contributed by atoms with Gasteiger partial charge in [0.15, 0.2) is 6.10 Å². The minimum atomic E-state index is -1.13. The maximum atomic E-state index is 12.7. The van der Waals surface area contributed by atoms with Crippen molar-refractivity contribution >= 4 is 17.9 Å². The summed E-state index contributed by atoms with van der Waals surface area (Å²) in [5.74, 6) is -1.81. The highest BCUT2D eigenvalue weighted by atomic mass is 16.6. The number of nitrogens with zero attached hydrogens (tertiary/aromatic N) is 1. The zero-order chi connectivity index (χ0) is 42.8. The molecule has 0 aliphatic carbocycles. The van der Waals surface area contributed by atoms with Crippen LogP contribution in [0.4, 0.5) is 0 Å². The second kappa shape index (κ2) is 41.0. The van der Waals surface area contributed by atoms with Crippen LogP contribution in [0.1, 0.15) is 200 Å². The summed E-state index contributed by atoms with van der Waals surface area (Å²) in [5, 5.41) is 11.6. The number of carbonyl (C=O) groups is 3. The molecule has 0 rings (SSSR count). The number of carboxylic acids is 1. The van der Waals surface area contributed by atoms with Gasteiger partial charge in [0.1, 0.15) is 12.6 Å². The summed E-state index contributed by atoms with van der Waals surface area (Å²) in [6.07, 6.45) is 48.6. The highest BCUT2D eigenvalue weighted by Crippen LogP contribution is 2.13. The number of carboxylic acid groups (broad SMARTS) is 1. The molecule has 0 heterocycles. The molecule has 8 heteroatoms. The van der Waals surface area contributed by atoms with E-state index >= 15 is 0 Å². The molecule has 2 unspecified atom stereocenters. The van der Waals surface area contributed by atoms with Gasteiger partial charge in [-0.25, -0.2) is 0 Å². The van der Waals surface area contributed by atoms with Gasteiger partial charge >= 0.3 is 11.9 Å². The summed E-state index contributed by atoms with van der Waals surface area (Å²) in [7, 11) is 5.39. The molecule has 0 aromatic rings. The van der Waals surface area contributed by atoms with Crippen LogP contribution in [0.15, 0.2) is 48.6 Å². The fourth-order valence-corrected chi connectivity index (χ4v) is 6.73. The molecule has 0 spiro atoms. The van der Waals surface area contributed by atoms with E-state index in [1.54, 1.807) is 21.1 Å². The average molecular weight is 816 g/mol. The highest BCUT2D eigenvalue weighted by Gasteiger charge is 2.25. The molecule has 0 amide bonds. The van der Waals surface area contributed by atoms with Gasteiger partial charge in [0.05, 0.1) is 40.3 Å². The first-order valence-corrected chi connectivity index (χ1v) is 23.7. The summed E-state index contributed by atoms with van der Waals surface area (Å²) in [5.41, 5.74) is 0. The Morgan fingerprint density at radius 3 is 1.41 bits per heavy atom. The third kappa shape index (κ3) is 38.8. The lowest BCUT2D eigenvalue weighted by molar-refractivity contribution is -0.889. The quantitative estimate of drug-likeness (QED) is 0.0262. The van der Waals surface area contributed by atoms with E-state index in [9.17, 15) is 19.5 Å². The first-order valence-electron chi connectivity index (χ1n) is 23.7. The van der Waals surface area contributed by atoms with Crippen LogP contribution < -0.4 is 5.11 Å². The molecule has 8 nitrogen and oxygen atoms in total. The van der Waals surface area contributed by atoms with E-state index < -0.39 is 18.1 Å². The van der Waals surface area contributed by atoms with Gasteiger partial charge in [-0.3, -0.25) is 9.59 Å². The molecule has 0 saturated heterocycles. The predicted molar refractivity (Wildman–Crippen MR) is 240 cm³/mol. The van der Waals surface area contributed by atoms with E-state index in [-0.39, 0.29) is 49.1 Å². The van der Waals surface area contributed by atoms with E-state index in [4.69, 9.17) is 14.2 Å². The van der Waals surface area contributed by atoms with Gasteiger partial charge in [-0.05, 0) is 70.6 Å². The van der Waals surface area contributed by atoms with Crippen molar-refractivity contribution in [2.75, 3.05) is 41.0 Å². The Morgan fingerprint density at radius 1 is 0.517 bits per heavy atom. The van der Waals surface area contributed by atoms with E-state index in [1.165, 1.54) is 122 Å². The van der Waals surface area contributed by atoms with Crippen molar-refractivity contribution in [2.24, 2.45) is 0 Å². The normalized spacial score (nSPS) is 13.3. The van der Waals surface area contributed by atoms with Crippen LogP contribution in [0, 0.1) is 0 Å². The molecule has 0 bridgehead atoms. The van der Waals surface area contributed by atoms with Crippen LogP contribution in [0.3, 0.4) is 0 Å². The molecular formula is C50H89NO7.